The quantitative estimate of drug-likeness (QED) is 0.328. The van der Waals surface area contributed by atoms with Crippen LogP contribution in [0.25, 0.3) is 11.1 Å². The maximum absolute atomic E-state index is 13.2. The molecule has 0 unspecified atom stereocenters. The van der Waals surface area contributed by atoms with Crippen LogP contribution in [0, 0.1) is 5.82 Å². The van der Waals surface area contributed by atoms with Crippen LogP contribution in [0.15, 0.2) is 79.9 Å². The molecule has 0 radical (unpaired) electrons. The van der Waals surface area contributed by atoms with E-state index in [9.17, 15) is 14.6 Å². The van der Waals surface area contributed by atoms with Gasteiger partial charge in [0.25, 0.3) is 0 Å². The minimum Gasteiger partial charge on any atom is -0.507 e. The summed E-state index contributed by atoms with van der Waals surface area (Å²) >= 11 is 0. The summed E-state index contributed by atoms with van der Waals surface area (Å²) in [4.78, 5) is 0. The molecule has 3 aromatic rings. The number of halogens is 1. The first-order valence-electron chi connectivity index (χ1n) is 9.41. The van der Waals surface area contributed by atoms with Gasteiger partial charge in [-0.2, -0.15) is 0 Å². The average Bonchev–Trinajstić information content (AvgIpc) is 2.72. The van der Waals surface area contributed by atoms with Crippen LogP contribution in [-0.2, 0) is 19.4 Å². The number of aromatic hydroxyl groups is 2. The molecule has 0 bridgehead atoms. The lowest BCUT2D eigenvalue weighted by atomic mass is 9.92. The molecule has 3 nitrogen and oxygen atoms in total. The molecule has 0 aromatic heterocycles. The molecule has 0 aliphatic carbocycles. The molecule has 3 aromatic carbocycles. The van der Waals surface area contributed by atoms with E-state index in [2.05, 4.69) is 18.5 Å². The molecule has 0 amide bonds. The smallest absolute Gasteiger partial charge is 0.146 e. The van der Waals surface area contributed by atoms with Crippen LogP contribution in [0.3, 0.4) is 0 Å². The Balaban J connectivity index is 2.11. The summed E-state index contributed by atoms with van der Waals surface area (Å²) in [5, 5.41) is 24.7. The zero-order valence-corrected chi connectivity index (χ0v) is 16.2. The van der Waals surface area contributed by atoms with Crippen molar-refractivity contribution in [1.29, 1.82) is 0 Å². The van der Waals surface area contributed by atoms with Crippen molar-refractivity contribution in [2.24, 2.45) is 0 Å². The zero-order valence-electron chi connectivity index (χ0n) is 16.2. The van der Waals surface area contributed by atoms with Crippen LogP contribution in [-0.4, -0.2) is 10.2 Å². The molecule has 0 fully saturated rings. The molecule has 148 valence electrons. The van der Waals surface area contributed by atoms with Gasteiger partial charge in [0.15, 0.2) is 0 Å². The number of phenols is 2. The molecule has 0 saturated heterocycles. The van der Waals surface area contributed by atoms with E-state index in [4.69, 9.17) is 0 Å². The van der Waals surface area contributed by atoms with Crippen LogP contribution in [0.5, 0.6) is 11.5 Å². The Morgan fingerprint density at radius 2 is 1.59 bits per heavy atom. The third kappa shape index (κ3) is 4.49. The van der Waals surface area contributed by atoms with Gasteiger partial charge in [0, 0.05) is 17.7 Å². The van der Waals surface area contributed by atoms with Gasteiger partial charge in [-0.05, 0) is 53.8 Å². The van der Waals surface area contributed by atoms with Gasteiger partial charge in [0.1, 0.15) is 17.3 Å². The maximum atomic E-state index is 13.2. The van der Waals surface area contributed by atoms with E-state index in [0.29, 0.717) is 36.2 Å². The van der Waals surface area contributed by atoms with Crippen LogP contribution in [0.4, 0.5) is 10.1 Å². The fourth-order valence-corrected chi connectivity index (χ4v) is 3.37. The molecule has 29 heavy (non-hydrogen) atoms. The number of phenolic OH excluding ortho intramolecular Hbond substituents is 2. The first-order valence-corrected chi connectivity index (χ1v) is 9.41. The first kappa shape index (κ1) is 20.2. The zero-order chi connectivity index (χ0) is 20.8. The molecule has 0 aliphatic heterocycles. The second-order valence-corrected chi connectivity index (χ2v) is 6.77. The topological polar surface area (TPSA) is 52.5 Å². The lowest BCUT2D eigenvalue weighted by molar-refractivity contribution is 0.469. The van der Waals surface area contributed by atoms with Crippen molar-refractivity contribution in [3.05, 3.63) is 102 Å². The third-order valence-corrected chi connectivity index (χ3v) is 4.79. The van der Waals surface area contributed by atoms with Gasteiger partial charge < -0.3 is 15.5 Å². The summed E-state index contributed by atoms with van der Waals surface area (Å²) in [6.45, 7) is 8.08. The van der Waals surface area contributed by atoms with Crippen molar-refractivity contribution in [2.45, 2.75) is 19.4 Å². The summed E-state index contributed by atoms with van der Waals surface area (Å²) in [7, 11) is 0. The van der Waals surface area contributed by atoms with Gasteiger partial charge in [0.2, 0.25) is 0 Å². The SMILES string of the molecule is C=CCc1cc(-c2ccccc2O)c(O)c(NCc2ccc(F)cc2)c1CC=C. The number of nitrogens with one attached hydrogen (secondary N) is 1. The Labute approximate surface area is 170 Å². The summed E-state index contributed by atoms with van der Waals surface area (Å²) in [6, 6.07) is 15.0. The summed E-state index contributed by atoms with van der Waals surface area (Å²) in [6.07, 6.45) is 4.75. The van der Waals surface area contributed by atoms with Crippen LogP contribution in [0.2, 0.25) is 0 Å². The number of para-hydroxylation sites is 1. The molecule has 3 rings (SSSR count). The van der Waals surface area contributed by atoms with E-state index in [1.165, 1.54) is 12.1 Å². The number of allylic oxidation sites excluding steroid dienone is 2. The van der Waals surface area contributed by atoms with E-state index in [1.54, 1.807) is 42.5 Å². The lowest BCUT2D eigenvalue weighted by Gasteiger charge is -2.20. The highest BCUT2D eigenvalue weighted by molar-refractivity contribution is 5.84. The van der Waals surface area contributed by atoms with E-state index < -0.39 is 0 Å². The largest absolute Gasteiger partial charge is 0.507 e. The van der Waals surface area contributed by atoms with Crippen molar-refractivity contribution in [3.8, 4) is 22.6 Å². The molecule has 0 heterocycles. The number of hydrogen-bond acceptors (Lipinski definition) is 3. The van der Waals surface area contributed by atoms with E-state index >= 15 is 0 Å². The van der Waals surface area contributed by atoms with Crippen molar-refractivity contribution in [3.63, 3.8) is 0 Å². The van der Waals surface area contributed by atoms with Gasteiger partial charge in [-0.15, -0.1) is 13.2 Å². The molecule has 0 saturated carbocycles. The maximum Gasteiger partial charge on any atom is 0.146 e. The van der Waals surface area contributed by atoms with E-state index in [1.807, 2.05) is 12.1 Å². The standard InChI is InChI=1S/C25H24FNO2/c1-3-7-18-15-22(21-9-5-6-10-23(21)28)25(29)24(20(18)8-4-2)27-16-17-11-13-19(26)14-12-17/h3-6,9-15,27-29H,1-2,7-8,16H2. The number of anilines is 1. The predicted octanol–water partition coefficient (Wildman–Crippen LogP) is 5.97. The second-order valence-electron chi connectivity index (χ2n) is 6.77. The Morgan fingerprint density at radius 3 is 2.24 bits per heavy atom. The van der Waals surface area contributed by atoms with Crippen molar-refractivity contribution in [1.82, 2.24) is 0 Å². The minimum atomic E-state index is -0.293. The highest BCUT2D eigenvalue weighted by atomic mass is 19.1. The lowest BCUT2D eigenvalue weighted by Crippen LogP contribution is -2.06. The highest BCUT2D eigenvalue weighted by Crippen LogP contribution is 2.43. The van der Waals surface area contributed by atoms with Gasteiger partial charge in [-0.1, -0.05) is 42.5 Å². The Hall–Kier alpha value is -3.53. The fraction of sp³-hybridized carbons (Fsp3) is 0.120. The summed E-state index contributed by atoms with van der Waals surface area (Å²) in [5.74, 6) is -0.148. The van der Waals surface area contributed by atoms with Gasteiger partial charge in [0.05, 0.1) is 5.69 Å². The van der Waals surface area contributed by atoms with Crippen molar-refractivity contribution in [2.75, 3.05) is 5.32 Å². The van der Waals surface area contributed by atoms with Gasteiger partial charge >= 0.3 is 0 Å². The first-order chi connectivity index (χ1) is 14.0. The molecule has 4 heteroatoms. The molecule has 0 aliphatic rings. The minimum absolute atomic E-state index is 0.0540. The predicted molar refractivity (Wildman–Crippen MR) is 117 cm³/mol. The van der Waals surface area contributed by atoms with Gasteiger partial charge in [-0.3, -0.25) is 0 Å². The fourth-order valence-electron chi connectivity index (χ4n) is 3.37. The Kier molecular flexibility index (Phi) is 6.35. The van der Waals surface area contributed by atoms with Crippen LogP contribution in [0.1, 0.15) is 16.7 Å². The normalized spacial score (nSPS) is 10.5. The molecular formula is C25H24FNO2. The average molecular weight is 389 g/mol. The molecule has 0 spiro atoms. The monoisotopic (exact) mass is 389 g/mol. The van der Waals surface area contributed by atoms with Crippen molar-refractivity contribution >= 4 is 5.69 Å². The second kappa shape index (κ2) is 9.11. The molecular weight excluding hydrogens is 365 g/mol. The highest BCUT2D eigenvalue weighted by Gasteiger charge is 2.19. The Morgan fingerprint density at radius 1 is 0.897 bits per heavy atom. The summed E-state index contributed by atoms with van der Waals surface area (Å²) < 4.78 is 13.2. The third-order valence-electron chi connectivity index (χ3n) is 4.79. The van der Waals surface area contributed by atoms with E-state index in [0.717, 1.165) is 16.7 Å². The molecule has 0 atom stereocenters. The summed E-state index contributed by atoms with van der Waals surface area (Å²) in [5.41, 5.74) is 4.44. The van der Waals surface area contributed by atoms with Crippen LogP contribution >= 0.6 is 0 Å². The Bertz CT molecular complexity index is 1030. The number of rotatable bonds is 8. The van der Waals surface area contributed by atoms with Crippen molar-refractivity contribution < 1.29 is 14.6 Å². The molecule has 3 N–H and O–H groups in total. The van der Waals surface area contributed by atoms with Crippen LogP contribution < -0.4 is 5.32 Å². The van der Waals surface area contributed by atoms with Gasteiger partial charge in [-0.25, -0.2) is 4.39 Å². The number of benzene rings is 3. The number of hydrogen-bond donors (Lipinski definition) is 3. The van der Waals surface area contributed by atoms with E-state index in [-0.39, 0.29) is 17.3 Å².